The Balaban J connectivity index is 2.07. The fraction of sp³-hybridized carbons (Fsp3) is 0.267. The molecule has 3 rings (SSSR count). The number of aromatic nitrogens is 1. The summed E-state index contributed by atoms with van der Waals surface area (Å²) < 4.78 is 24.2. The summed E-state index contributed by atoms with van der Waals surface area (Å²) in [6, 6.07) is 12.2. The highest BCUT2D eigenvalue weighted by atomic mass is 32.2. The first-order chi connectivity index (χ1) is 9.51. The molecule has 20 heavy (non-hydrogen) atoms. The van der Waals surface area contributed by atoms with Crippen molar-refractivity contribution in [2.24, 2.45) is 0 Å². The monoisotopic (exact) mass is 289 g/mol. The first-order valence-corrected chi connectivity index (χ1v) is 8.11. The first kappa shape index (κ1) is 13.3. The van der Waals surface area contributed by atoms with Gasteiger partial charge in [-0.05, 0) is 24.6 Å². The van der Waals surface area contributed by atoms with Crippen molar-refractivity contribution in [1.29, 1.82) is 0 Å². The highest BCUT2D eigenvalue weighted by Crippen LogP contribution is 2.38. The molecule has 1 atom stereocenters. The molecule has 1 unspecified atom stereocenters. The van der Waals surface area contributed by atoms with Crippen LogP contribution in [0.4, 0.5) is 0 Å². The number of nitrogens with zero attached hydrogens (tertiary/aromatic N) is 1. The summed E-state index contributed by atoms with van der Waals surface area (Å²) in [6.45, 7) is 0. The van der Waals surface area contributed by atoms with Crippen LogP contribution in [0.1, 0.15) is 17.7 Å². The van der Waals surface area contributed by atoms with E-state index in [4.69, 9.17) is 0 Å². The lowest BCUT2D eigenvalue weighted by atomic mass is 9.86. The van der Waals surface area contributed by atoms with Gasteiger partial charge in [0.1, 0.15) is 0 Å². The van der Waals surface area contributed by atoms with Crippen LogP contribution in [0.3, 0.4) is 0 Å². The quantitative estimate of drug-likeness (QED) is 0.913. The van der Waals surface area contributed by atoms with Gasteiger partial charge in [0.2, 0.25) is 0 Å². The van der Waals surface area contributed by atoms with Crippen molar-refractivity contribution < 1.29 is 13.5 Å². The number of sulfone groups is 1. The predicted octanol–water partition coefficient (Wildman–Crippen LogP) is 1.69. The van der Waals surface area contributed by atoms with Crippen LogP contribution >= 0.6 is 0 Å². The van der Waals surface area contributed by atoms with Crippen molar-refractivity contribution in [1.82, 2.24) is 4.98 Å². The molecular formula is C15H15NO3S. The molecule has 2 heterocycles. The van der Waals surface area contributed by atoms with E-state index in [1.807, 2.05) is 18.2 Å². The fourth-order valence-corrected chi connectivity index (χ4v) is 4.36. The molecule has 0 saturated heterocycles. The molecule has 1 N–H and O–H groups in total. The summed E-state index contributed by atoms with van der Waals surface area (Å²) in [5, 5.41) is 10.9. The average Bonchev–Trinajstić information content (AvgIpc) is 2.45. The van der Waals surface area contributed by atoms with Gasteiger partial charge in [0, 0.05) is 23.9 Å². The van der Waals surface area contributed by atoms with Gasteiger partial charge in [-0.25, -0.2) is 8.42 Å². The van der Waals surface area contributed by atoms with Crippen molar-refractivity contribution in [2.75, 3.05) is 5.75 Å². The Kier molecular flexibility index (Phi) is 3.11. The van der Waals surface area contributed by atoms with Crippen molar-refractivity contribution in [3.05, 3.63) is 59.9 Å². The Labute approximate surface area is 118 Å². The maximum Gasteiger partial charge on any atom is 0.178 e. The van der Waals surface area contributed by atoms with Crippen LogP contribution in [0.25, 0.3) is 0 Å². The summed E-state index contributed by atoms with van der Waals surface area (Å²) in [6.07, 6.45) is 2.19. The summed E-state index contributed by atoms with van der Waals surface area (Å²) in [5.41, 5.74) is 0.0667. The molecule has 0 amide bonds. The normalized spacial score (nSPS) is 24.1. The molecule has 0 aliphatic carbocycles. The van der Waals surface area contributed by atoms with Crippen LogP contribution in [0.5, 0.6) is 0 Å². The molecule has 0 saturated carbocycles. The highest BCUT2D eigenvalue weighted by Gasteiger charge is 2.40. The lowest BCUT2D eigenvalue weighted by molar-refractivity contribution is 0.0273. The van der Waals surface area contributed by atoms with E-state index in [1.54, 1.807) is 30.5 Å². The van der Waals surface area contributed by atoms with Crippen LogP contribution < -0.4 is 0 Å². The Morgan fingerprint density at radius 1 is 1.15 bits per heavy atom. The van der Waals surface area contributed by atoms with Crippen molar-refractivity contribution in [2.45, 2.75) is 23.3 Å². The minimum absolute atomic E-state index is 0.0344. The number of fused-ring (bicyclic) bond motifs is 1. The second-order valence-electron chi connectivity index (χ2n) is 5.09. The van der Waals surface area contributed by atoms with Gasteiger partial charge in [-0.1, -0.05) is 24.3 Å². The average molecular weight is 289 g/mol. The summed E-state index contributed by atoms with van der Waals surface area (Å²) >= 11 is 0. The van der Waals surface area contributed by atoms with Gasteiger partial charge in [-0.15, -0.1) is 0 Å². The van der Waals surface area contributed by atoms with Crippen LogP contribution in [-0.4, -0.2) is 24.3 Å². The van der Waals surface area contributed by atoms with Gasteiger partial charge < -0.3 is 5.11 Å². The van der Waals surface area contributed by atoms with Crippen LogP contribution in [0.15, 0.2) is 53.6 Å². The number of rotatable bonds is 2. The largest absolute Gasteiger partial charge is 0.385 e. The number of pyridine rings is 1. The number of benzene rings is 1. The zero-order valence-corrected chi connectivity index (χ0v) is 11.7. The Morgan fingerprint density at radius 2 is 1.90 bits per heavy atom. The molecule has 0 bridgehead atoms. The van der Waals surface area contributed by atoms with Crippen LogP contribution in [-0.2, 0) is 21.9 Å². The molecule has 104 valence electrons. The Morgan fingerprint density at radius 3 is 2.65 bits per heavy atom. The van der Waals surface area contributed by atoms with Crippen LogP contribution in [0.2, 0.25) is 0 Å². The topological polar surface area (TPSA) is 67.3 Å². The number of aliphatic hydroxyl groups is 1. The Hall–Kier alpha value is -1.72. The van der Waals surface area contributed by atoms with E-state index < -0.39 is 15.4 Å². The van der Waals surface area contributed by atoms with Gasteiger partial charge in [0.25, 0.3) is 0 Å². The molecule has 0 spiro atoms. The molecule has 4 nitrogen and oxygen atoms in total. The highest BCUT2D eigenvalue weighted by molar-refractivity contribution is 7.91. The second kappa shape index (κ2) is 4.68. The minimum Gasteiger partial charge on any atom is -0.385 e. The molecule has 5 heteroatoms. The Bertz CT molecular complexity index is 728. The summed E-state index contributed by atoms with van der Waals surface area (Å²) in [4.78, 5) is 4.46. The predicted molar refractivity (Wildman–Crippen MR) is 74.9 cm³/mol. The van der Waals surface area contributed by atoms with Crippen molar-refractivity contribution >= 4 is 9.84 Å². The zero-order valence-electron chi connectivity index (χ0n) is 10.9. The van der Waals surface area contributed by atoms with Crippen molar-refractivity contribution in [3.8, 4) is 0 Å². The maximum atomic E-state index is 12.1. The van der Waals surface area contributed by atoms with Gasteiger partial charge in [0.15, 0.2) is 9.84 Å². The third kappa shape index (κ3) is 2.23. The van der Waals surface area contributed by atoms with E-state index in [0.717, 1.165) is 5.69 Å². The molecule has 1 aromatic heterocycles. The zero-order chi connectivity index (χ0) is 14.2. The maximum absolute atomic E-state index is 12.1. The molecule has 0 radical (unpaired) electrons. The third-order valence-corrected chi connectivity index (χ3v) is 5.48. The van der Waals surface area contributed by atoms with Crippen LogP contribution in [0, 0.1) is 0 Å². The second-order valence-corrected chi connectivity index (χ2v) is 7.17. The minimum atomic E-state index is -3.29. The van der Waals surface area contributed by atoms with E-state index in [2.05, 4.69) is 4.98 Å². The molecule has 1 aliphatic heterocycles. The molecule has 2 aromatic rings. The van der Waals surface area contributed by atoms with Gasteiger partial charge >= 0.3 is 0 Å². The lowest BCUT2D eigenvalue weighted by Crippen LogP contribution is -2.37. The van der Waals surface area contributed by atoms with Gasteiger partial charge in [0.05, 0.1) is 16.2 Å². The standard InChI is InChI=1S/C15H15NO3S/c17-15(11-12-5-3-4-9-16-12)8-10-20(18,19)14-7-2-1-6-13(14)15/h1-7,9,17H,8,10-11H2. The summed E-state index contributed by atoms with van der Waals surface area (Å²) in [5.74, 6) is -0.0344. The molecule has 1 aliphatic rings. The van der Waals surface area contributed by atoms with Crippen molar-refractivity contribution in [3.63, 3.8) is 0 Å². The van der Waals surface area contributed by atoms with E-state index in [-0.39, 0.29) is 17.1 Å². The smallest absolute Gasteiger partial charge is 0.178 e. The lowest BCUT2D eigenvalue weighted by Gasteiger charge is -2.34. The molecule has 0 fully saturated rings. The summed E-state index contributed by atoms with van der Waals surface area (Å²) in [7, 11) is -3.29. The molecule has 1 aromatic carbocycles. The molecular weight excluding hydrogens is 274 g/mol. The van der Waals surface area contributed by atoms with Gasteiger partial charge in [-0.2, -0.15) is 0 Å². The number of hydrogen-bond donors (Lipinski definition) is 1. The third-order valence-electron chi connectivity index (χ3n) is 3.71. The number of hydrogen-bond acceptors (Lipinski definition) is 4. The SMILES string of the molecule is O=S1(=O)CCC(O)(Cc2ccccn2)c2ccccc21. The van der Waals surface area contributed by atoms with E-state index in [9.17, 15) is 13.5 Å². The fourth-order valence-electron chi connectivity index (χ4n) is 2.66. The van der Waals surface area contributed by atoms with E-state index >= 15 is 0 Å². The van der Waals surface area contributed by atoms with Gasteiger partial charge in [-0.3, -0.25) is 4.98 Å². The van der Waals surface area contributed by atoms with E-state index in [0.29, 0.717) is 12.0 Å². The first-order valence-electron chi connectivity index (χ1n) is 6.46. The van der Waals surface area contributed by atoms with E-state index in [1.165, 1.54) is 0 Å².